The first-order valence-corrected chi connectivity index (χ1v) is 11.7. The summed E-state index contributed by atoms with van der Waals surface area (Å²) in [6.45, 7) is 0.992. The molecular weight excluding hydrogens is 436 g/mol. The summed E-state index contributed by atoms with van der Waals surface area (Å²) in [5.74, 6) is -1.14. The number of hydrogen-bond acceptors (Lipinski definition) is 5. The zero-order valence-corrected chi connectivity index (χ0v) is 19.0. The van der Waals surface area contributed by atoms with E-state index in [2.05, 4.69) is 34.9 Å². The predicted octanol–water partition coefficient (Wildman–Crippen LogP) is 3.30. The van der Waals surface area contributed by atoms with Gasteiger partial charge in [0.15, 0.2) is 0 Å². The molecule has 0 bridgehead atoms. The Labute approximate surface area is 198 Å². The number of carboxylic acids is 1. The standard InChI is InChI=1S/C26H30N2O6/c29-24(30)11-13-33-14-12-27-25(31)17-9-10-18(15-17)28-26(32)34-16-23-21-7-3-1-5-19(21)20-6-2-4-8-22(20)23/h1-8,17-18,23H,9-16H2,(H,27,31)(H,28,32)(H,29,30)/t17-,18+/m0/s1. The van der Waals surface area contributed by atoms with Gasteiger partial charge in [0.1, 0.15) is 6.61 Å². The smallest absolute Gasteiger partial charge is 0.407 e. The van der Waals surface area contributed by atoms with Crippen LogP contribution >= 0.6 is 0 Å². The van der Waals surface area contributed by atoms with Crippen LogP contribution in [0.2, 0.25) is 0 Å². The first kappa shape index (κ1) is 23.8. The Morgan fingerprint density at radius 2 is 1.62 bits per heavy atom. The van der Waals surface area contributed by atoms with E-state index in [9.17, 15) is 14.4 Å². The average molecular weight is 467 g/mol. The minimum atomic E-state index is -0.912. The van der Waals surface area contributed by atoms with Crippen molar-refractivity contribution in [2.45, 2.75) is 37.6 Å². The van der Waals surface area contributed by atoms with E-state index >= 15 is 0 Å². The molecule has 0 unspecified atom stereocenters. The molecule has 34 heavy (non-hydrogen) atoms. The van der Waals surface area contributed by atoms with Crippen LogP contribution in [0.5, 0.6) is 0 Å². The maximum Gasteiger partial charge on any atom is 0.407 e. The van der Waals surface area contributed by atoms with Crippen LogP contribution in [0.25, 0.3) is 11.1 Å². The molecule has 2 atom stereocenters. The van der Waals surface area contributed by atoms with Crippen LogP contribution in [0.3, 0.4) is 0 Å². The quantitative estimate of drug-likeness (QED) is 0.463. The summed E-state index contributed by atoms with van der Waals surface area (Å²) in [5, 5.41) is 14.3. The fourth-order valence-corrected chi connectivity index (χ4v) is 4.81. The van der Waals surface area contributed by atoms with E-state index in [0.29, 0.717) is 19.4 Å². The van der Waals surface area contributed by atoms with Gasteiger partial charge >= 0.3 is 12.1 Å². The van der Waals surface area contributed by atoms with Gasteiger partial charge in [-0.2, -0.15) is 0 Å². The minimum Gasteiger partial charge on any atom is -0.481 e. The van der Waals surface area contributed by atoms with Gasteiger partial charge < -0.3 is 25.2 Å². The van der Waals surface area contributed by atoms with Crippen molar-refractivity contribution in [3.8, 4) is 11.1 Å². The van der Waals surface area contributed by atoms with Gasteiger partial charge in [0, 0.05) is 24.4 Å². The third-order valence-electron chi connectivity index (χ3n) is 6.47. The summed E-state index contributed by atoms with van der Waals surface area (Å²) < 4.78 is 10.8. The number of aliphatic carboxylic acids is 1. The third kappa shape index (κ3) is 5.75. The van der Waals surface area contributed by atoms with Crippen molar-refractivity contribution in [3.63, 3.8) is 0 Å². The van der Waals surface area contributed by atoms with Crippen molar-refractivity contribution in [2.24, 2.45) is 5.92 Å². The Bertz CT molecular complexity index is 994. The second-order valence-corrected chi connectivity index (χ2v) is 8.72. The lowest BCUT2D eigenvalue weighted by molar-refractivity contribution is -0.138. The average Bonchev–Trinajstić information content (AvgIpc) is 3.42. The van der Waals surface area contributed by atoms with Crippen LogP contribution < -0.4 is 10.6 Å². The number of carbonyl (C=O) groups is 3. The normalized spacial score (nSPS) is 18.7. The van der Waals surface area contributed by atoms with E-state index < -0.39 is 12.1 Å². The molecule has 2 aliphatic rings. The molecule has 4 rings (SSSR count). The number of hydrogen-bond donors (Lipinski definition) is 3. The molecule has 3 N–H and O–H groups in total. The van der Waals surface area contributed by atoms with Crippen molar-refractivity contribution in [1.29, 1.82) is 0 Å². The van der Waals surface area contributed by atoms with E-state index in [0.717, 1.165) is 6.42 Å². The maximum absolute atomic E-state index is 12.5. The molecule has 0 radical (unpaired) electrons. The highest BCUT2D eigenvalue weighted by atomic mass is 16.5. The summed E-state index contributed by atoms with van der Waals surface area (Å²) in [6.07, 6.45) is 1.47. The van der Waals surface area contributed by atoms with Gasteiger partial charge in [-0.15, -0.1) is 0 Å². The summed E-state index contributed by atoms with van der Waals surface area (Å²) in [6, 6.07) is 16.3. The highest BCUT2D eigenvalue weighted by molar-refractivity contribution is 5.80. The van der Waals surface area contributed by atoms with Crippen molar-refractivity contribution in [3.05, 3.63) is 59.7 Å². The van der Waals surface area contributed by atoms with Crippen molar-refractivity contribution >= 4 is 18.0 Å². The topological polar surface area (TPSA) is 114 Å². The van der Waals surface area contributed by atoms with E-state index in [1.54, 1.807) is 0 Å². The Morgan fingerprint density at radius 3 is 2.29 bits per heavy atom. The minimum absolute atomic E-state index is 0.0120. The number of carboxylic acid groups (broad SMARTS) is 1. The molecule has 2 amide bonds. The molecule has 8 nitrogen and oxygen atoms in total. The van der Waals surface area contributed by atoms with Crippen molar-refractivity contribution in [2.75, 3.05) is 26.4 Å². The van der Waals surface area contributed by atoms with Gasteiger partial charge in [-0.1, -0.05) is 48.5 Å². The number of rotatable bonds is 10. The van der Waals surface area contributed by atoms with Gasteiger partial charge in [0.05, 0.1) is 19.6 Å². The number of amides is 2. The second-order valence-electron chi connectivity index (χ2n) is 8.72. The lowest BCUT2D eigenvalue weighted by Gasteiger charge is -2.17. The van der Waals surface area contributed by atoms with Crippen LogP contribution in [0.1, 0.15) is 42.7 Å². The van der Waals surface area contributed by atoms with E-state index in [4.69, 9.17) is 14.6 Å². The van der Waals surface area contributed by atoms with E-state index in [1.165, 1.54) is 22.3 Å². The summed E-state index contributed by atoms with van der Waals surface area (Å²) in [5.41, 5.74) is 4.70. The molecule has 1 saturated carbocycles. The Morgan fingerprint density at radius 1 is 0.941 bits per heavy atom. The van der Waals surface area contributed by atoms with Crippen LogP contribution in [0.15, 0.2) is 48.5 Å². The van der Waals surface area contributed by atoms with Gasteiger partial charge in [0.2, 0.25) is 5.91 Å². The highest BCUT2D eigenvalue weighted by Crippen LogP contribution is 2.44. The van der Waals surface area contributed by atoms with E-state index in [1.807, 2.05) is 24.3 Å². The molecule has 0 aliphatic heterocycles. The molecule has 2 aromatic carbocycles. The lowest BCUT2D eigenvalue weighted by atomic mass is 9.98. The summed E-state index contributed by atoms with van der Waals surface area (Å²) in [7, 11) is 0. The molecule has 0 heterocycles. The number of benzene rings is 2. The number of carbonyl (C=O) groups excluding carboxylic acids is 2. The van der Waals surface area contributed by atoms with Crippen molar-refractivity contribution < 1.29 is 29.0 Å². The largest absolute Gasteiger partial charge is 0.481 e. The summed E-state index contributed by atoms with van der Waals surface area (Å²) >= 11 is 0. The molecule has 2 aromatic rings. The second kappa shape index (κ2) is 11.2. The number of ether oxygens (including phenoxy) is 2. The number of fused-ring (bicyclic) bond motifs is 3. The molecule has 8 heteroatoms. The molecule has 0 spiro atoms. The molecule has 0 aromatic heterocycles. The van der Waals surface area contributed by atoms with Crippen LogP contribution in [-0.2, 0) is 19.1 Å². The maximum atomic E-state index is 12.5. The Balaban J connectivity index is 1.19. The zero-order chi connectivity index (χ0) is 23.9. The van der Waals surface area contributed by atoms with Crippen molar-refractivity contribution in [1.82, 2.24) is 10.6 Å². The number of nitrogens with one attached hydrogen (secondary N) is 2. The zero-order valence-electron chi connectivity index (χ0n) is 19.0. The molecule has 0 saturated heterocycles. The lowest BCUT2D eigenvalue weighted by Crippen LogP contribution is -2.36. The van der Waals surface area contributed by atoms with Gasteiger partial charge in [-0.25, -0.2) is 4.79 Å². The Kier molecular flexibility index (Phi) is 7.80. The van der Waals surface area contributed by atoms with Crippen LogP contribution in [0.4, 0.5) is 4.79 Å². The van der Waals surface area contributed by atoms with Crippen LogP contribution in [-0.4, -0.2) is 55.5 Å². The molecule has 180 valence electrons. The first-order chi connectivity index (χ1) is 16.5. The Hall–Kier alpha value is -3.39. The predicted molar refractivity (Wildman–Crippen MR) is 125 cm³/mol. The fourth-order valence-electron chi connectivity index (χ4n) is 4.81. The van der Waals surface area contributed by atoms with E-state index in [-0.39, 0.29) is 50.0 Å². The first-order valence-electron chi connectivity index (χ1n) is 11.7. The van der Waals surface area contributed by atoms with Gasteiger partial charge in [-0.05, 0) is 41.5 Å². The SMILES string of the molecule is O=C(O)CCOCCNC(=O)[C@H]1CC[C@@H](NC(=O)OCC2c3ccccc3-c3ccccc32)C1. The van der Waals surface area contributed by atoms with Crippen LogP contribution in [0, 0.1) is 5.92 Å². The number of alkyl carbamates (subject to hydrolysis) is 1. The van der Waals surface area contributed by atoms with Gasteiger partial charge in [-0.3, -0.25) is 9.59 Å². The monoisotopic (exact) mass is 466 g/mol. The fraction of sp³-hybridized carbons (Fsp3) is 0.423. The highest BCUT2D eigenvalue weighted by Gasteiger charge is 2.32. The summed E-state index contributed by atoms with van der Waals surface area (Å²) in [4.78, 5) is 35.3. The third-order valence-corrected chi connectivity index (χ3v) is 6.47. The molecule has 1 fully saturated rings. The van der Waals surface area contributed by atoms with Gasteiger partial charge in [0.25, 0.3) is 0 Å². The molecule has 2 aliphatic carbocycles. The molecular formula is C26H30N2O6.